The van der Waals surface area contributed by atoms with Crippen LogP contribution in [0, 0.1) is 0 Å². The summed E-state index contributed by atoms with van der Waals surface area (Å²) in [5.41, 5.74) is 5.64. The van der Waals surface area contributed by atoms with E-state index in [-0.39, 0.29) is 6.04 Å². The summed E-state index contributed by atoms with van der Waals surface area (Å²) in [6, 6.07) is 0.636. The molecule has 1 saturated heterocycles. The fourth-order valence-electron chi connectivity index (χ4n) is 2.08. The fraction of sp³-hybridized carbons (Fsp3) is 0.909. The summed E-state index contributed by atoms with van der Waals surface area (Å²) in [5.74, 6) is 0.298. The maximum atomic E-state index is 11.8. The van der Waals surface area contributed by atoms with E-state index >= 15 is 0 Å². The minimum Gasteiger partial charge on any atom is -0.340 e. The molecule has 1 aliphatic rings. The van der Waals surface area contributed by atoms with Crippen LogP contribution in [0.4, 0.5) is 0 Å². The van der Waals surface area contributed by atoms with Gasteiger partial charge in [-0.1, -0.05) is 6.92 Å². The molecule has 14 heavy (non-hydrogen) atoms. The van der Waals surface area contributed by atoms with Gasteiger partial charge in [-0.3, -0.25) is 4.79 Å². The molecule has 1 rings (SSSR count). The van der Waals surface area contributed by atoms with Gasteiger partial charge < -0.3 is 10.6 Å². The van der Waals surface area contributed by atoms with Gasteiger partial charge in [0.25, 0.3) is 0 Å². The molecule has 1 fully saturated rings. The summed E-state index contributed by atoms with van der Waals surface area (Å²) in [7, 11) is 0. The van der Waals surface area contributed by atoms with Gasteiger partial charge in [-0.2, -0.15) is 0 Å². The van der Waals surface area contributed by atoms with Crippen molar-refractivity contribution in [3.05, 3.63) is 0 Å². The van der Waals surface area contributed by atoms with Crippen LogP contribution < -0.4 is 5.73 Å². The maximum absolute atomic E-state index is 11.8. The summed E-state index contributed by atoms with van der Waals surface area (Å²) in [6.45, 7) is 5.06. The highest BCUT2D eigenvalue weighted by Gasteiger charge is 2.26. The molecule has 0 bridgehead atoms. The lowest BCUT2D eigenvalue weighted by atomic mass is 10.1. The normalized spacial score (nSPS) is 23.9. The first-order valence-electron chi connectivity index (χ1n) is 5.70. The molecule has 0 aromatic rings. The van der Waals surface area contributed by atoms with Gasteiger partial charge in [0.2, 0.25) is 5.91 Å². The monoisotopic (exact) mass is 198 g/mol. The van der Waals surface area contributed by atoms with Crippen LogP contribution in [0.1, 0.15) is 46.0 Å². The van der Waals surface area contributed by atoms with Crippen LogP contribution in [0.5, 0.6) is 0 Å². The van der Waals surface area contributed by atoms with E-state index in [0.29, 0.717) is 18.4 Å². The smallest absolute Gasteiger partial charge is 0.222 e. The Labute approximate surface area is 86.6 Å². The summed E-state index contributed by atoms with van der Waals surface area (Å²) in [5, 5.41) is 0. The van der Waals surface area contributed by atoms with Crippen molar-refractivity contribution < 1.29 is 4.79 Å². The van der Waals surface area contributed by atoms with E-state index in [1.807, 2.05) is 11.8 Å². The Morgan fingerprint density at radius 1 is 1.64 bits per heavy atom. The van der Waals surface area contributed by atoms with Crippen molar-refractivity contribution in [2.75, 3.05) is 6.54 Å². The average Bonchev–Trinajstić information content (AvgIpc) is 2.61. The molecule has 0 aromatic heterocycles. The van der Waals surface area contributed by atoms with Gasteiger partial charge in [-0.25, -0.2) is 0 Å². The zero-order chi connectivity index (χ0) is 10.6. The third kappa shape index (κ3) is 2.98. The zero-order valence-electron chi connectivity index (χ0n) is 9.33. The number of amides is 1. The SMILES string of the molecule is CCC1CCCN1C(=O)CCC(C)N. The second-order valence-electron chi connectivity index (χ2n) is 4.31. The van der Waals surface area contributed by atoms with Crippen LogP contribution in [0.2, 0.25) is 0 Å². The Bertz CT molecular complexity index is 192. The third-order valence-electron chi connectivity index (χ3n) is 2.98. The Morgan fingerprint density at radius 2 is 2.36 bits per heavy atom. The van der Waals surface area contributed by atoms with Crippen molar-refractivity contribution in [2.24, 2.45) is 5.73 Å². The molecule has 2 atom stereocenters. The van der Waals surface area contributed by atoms with Crippen LogP contribution in [0.3, 0.4) is 0 Å². The van der Waals surface area contributed by atoms with E-state index in [9.17, 15) is 4.79 Å². The predicted octanol–water partition coefficient (Wildman–Crippen LogP) is 1.51. The van der Waals surface area contributed by atoms with Gasteiger partial charge in [-0.05, 0) is 32.6 Å². The predicted molar refractivity (Wildman–Crippen MR) is 57.9 cm³/mol. The highest BCUT2D eigenvalue weighted by molar-refractivity contribution is 5.76. The van der Waals surface area contributed by atoms with Gasteiger partial charge in [0.1, 0.15) is 0 Å². The third-order valence-corrected chi connectivity index (χ3v) is 2.98. The molecule has 2 N–H and O–H groups in total. The lowest BCUT2D eigenvalue weighted by molar-refractivity contribution is -0.132. The fourth-order valence-corrected chi connectivity index (χ4v) is 2.08. The number of likely N-dealkylation sites (tertiary alicyclic amines) is 1. The lowest BCUT2D eigenvalue weighted by Crippen LogP contribution is -2.35. The van der Waals surface area contributed by atoms with Gasteiger partial charge in [0.05, 0.1) is 0 Å². The summed E-state index contributed by atoms with van der Waals surface area (Å²) in [6.07, 6.45) is 4.87. The van der Waals surface area contributed by atoms with Crippen LogP contribution in [-0.4, -0.2) is 29.4 Å². The van der Waals surface area contributed by atoms with Crippen molar-refractivity contribution in [2.45, 2.75) is 58.0 Å². The van der Waals surface area contributed by atoms with Crippen LogP contribution in [0.25, 0.3) is 0 Å². The van der Waals surface area contributed by atoms with Gasteiger partial charge >= 0.3 is 0 Å². The van der Waals surface area contributed by atoms with E-state index in [4.69, 9.17) is 5.73 Å². The first-order chi connectivity index (χ1) is 6.65. The van der Waals surface area contributed by atoms with E-state index in [0.717, 1.165) is 19.4 Å². The first kappa shape index (κ1) is 11.5. The van der Waals surface area contributed by atoms with E-state index in [2.05, 4.69) is 6.92 Å². The topological polar surface area (TPSA) is 46.3 Å². The number of nitrogens with zero attached hydrogens (tertiary/aromatic N) is 1. The molecule has 3 nitrogen and oxygen atoms in total. The van der Waals surface area contributed by atoms with E-state index < -0.39 is 0 Å². The minimum atomic E-state index is 0.140. The molecular weight excluding hydrogens is 176 g/mol. The van der Waals surface area contributed by atoms with Crippen molar-refractivity contribution in [1.29, 1.82) is 0 Å². The van der Waals surface area contributed by atoms with Crippen LogP contribution >= 0.6 is 0 Å². The quantitative estimate of drug-likeness (QED) is 0.744. The molecular formula is C11H22N2O. The Kier molecular flexibility index (Phi) is 4.39. The molecule has 0 saturated carbocycles. The summed E-state index contributed by atoms with van der Waals surface area (Å²) >= 11 is 0. The Hall–Kier alpha value is -0.570. The van der Waals surface area contributed by atoms with E-state index in [1.54, 1.807) is 0 Å². The van der Waals surface area contributed by atoms with Crippen molar-refractivity contribution in [3.63, 3.8) is 0 Å². The van der Waals surface area contributed by atoms with Crippen molar-refractivity contribution in [1.82, 2.24) is 4.90 Å². The lowest BCUT2D eigenvalue weighted by Gasteiger charge is -2.23. The molecule has 1 amide bonds. The largest absolute Gasteiger partial charge is 0.340 e. The van der Waals surface area contributed by atoms with Gasteiger partial charge in [0, 0.05) is 25.0 Å². The highest BCUT2D eigenvalue weighted by atomic mass is 16.2. The van der Waals surface area contributed by atoms with Crippen molar-refractivity contribution in [3.8, 4) is 0 Å². The van der Waals surface area contributed by atoms with Crippen LogP contribution in [-0.2, 0) is 4.79 Å². The first-order valence-corrected chi connectivity index (χ1v) is 5.70. The minimum absolute atomic E-state index is 0.140. The number of carbonyl (C=O) groups is 1. The summed E-state index contributed by atoms with van der Waals surface area (Å²) in [4.78, 5) is 13.8. The zero-order valence-corrected chi connectivity index (χ0v) is 9.33. The van der Waals surface area contributed by atoms with Crippen LogP contribution in [0.15, 0.2) is 0 Å². The van der Waals surface area contributed by atoms with Gasteiger partial charge in [0.15, 0.2) is 0 Å². The summed E-state index contributed by atoms with van der Waals surface area (Å²) < 4.78 is 0. The standard InChI is InChI=1S/C11H22N2O/c1-3-10-5-4-8-13(10)11(14)7-6-9(2)12/h9-10H,3-8,12H2,1-2H3. The molecule has 1 heterocycles. The second kappa shape index (κ2) is 5.35. The highest BCUT2D eigenvalue weighted by Crippen LogP contribution is 2.20. The number of hydrogen-bond acceptors (Lipinski definition) is 2. The molecule has 0 aromatic carbocycles. The Balaban J connectivity index is 2.35. The number of nitrogens with two attached hydrogens (primary N) is 1. The molecule has 82 valence electrons. The molecule has 1 aliphatic heterocycles. The Morgan fingerprint density at radius 3 is 2.93 bits per heavy atom. The second-order valence-corrected chi connectivity index (χ2v) is 4.31. The molecule has 0 radical (unpaired) electrons. The molecule has 0 spiro atoms. The average molecular weight is 198 g/mol. The van der Waals surface area contributed by atoms with Crippen molar-refractivity contribution >= 4 is 5.91 Å². The number of hydrogen-bond donors (Lipinski definition) is 1. The number of carbonyl (C=O) groups excluding carboxylic acids is 1. The number of rotatable bonds is 4. The van der Waals surface area contributed by atoms with E-state index in [1.165, 1.54) is 12.8 Å². The molecule has 2 unspecified atom stereocenters. The maximum Gasteiger partial charge on any atom is 0.222 e. The molecule has 0 aliphatic carbocycles. The molecule has 3 heteroatoms. The van der Waals surface area contributed by atoms with Gasteiger partial charge in [-0.15, -0.1) is 0 Å².